The summed E-state index contributed by atoms with van der Waals surface area (Å²) in [6, 6.07) is 0. The molecule has 0 aromatic rings. The second-order valence-electron chi connectivity index (χ2n) is 0.870. The van der Waals surface area contributed by atoms with Crippen LogP contribution in [0.5, 0.6) is 0 Å². The van der Waals surface area contributed by atoms with E-state index >= 15 is 0 Å². The van der Waals surface area contributed by atoms with Gasteiger partial charge in [0.25, 0.3) is 0 Å². The highest BCUT2D eigenvalue weighted by atomic mass is 127. The fraction of sp³-hybridized carbons (Fsp3) is 1.00. The van der Waals surface area contributed by atoms with E-state index in [0.29, 0.717) is 0 Å². The monoisotopic (exact) mass is 221 g/mol. The third-order valence-corrected chi connectivity index (χ3v) is 0.963. The summed E-state index contributed by atoms with van der Waals surface area (Å²) in [5, 5.41) is 0. The molecule has 1 rings (SSSR count). The number of rotatable bonds is 0. The minimum absolute atomic E-state index is 1.08. The van der Waals surface area contributed by atoms with Gasteiger partial charge in [0, 0.05) is 23.9 Å². The molecule has 0 aliphatic carbocycles. The van der Waals surface area contributed by atoms with Gasteiger partial charge in [-0.15, -0.1) is 0 Å². The normalized spacial score (nSPS) is 77.6. The lowest BCUT2D eigenvalue weighted by Gasteiger charge is -2.15. The average Bonchev–Trinajstić information content (AvgIpc) is 1.98. The second-order valence-corrected chi connectivity index (χ2v) is 1.95. The van der Waals surface area contributed by atoms with Gasteiger partial charge in [-0.2, -0.15) is 0 Å². The Bertz CT molecular complexity index is 283. The molecular formula is C5H9IO. The van der Waals surface area contributed by atoms with Gasteiger partial charge >= 0.3 is 0 Å². The van der Waals surface area contributed by atoms with E-state index < -0.39 is 29.8 Å². The van der Waals surface area contributed by atoms with Crippen molar-refractivity contribution in [2.24, 2.45) is 0 Å². The molecule has 0 aromatic heterocycles. The first-order chi connectivity index (χ1) is 6.71. The Morgan fingerprint density at radius 1 is 1.71 bits per heavy atom. The summed E-state index contributed by atoms with van der Waals surface area (Å²) < 4.78 is 67.9. The standard InChI is InChI=1S/C5H9IO/c6-5-1-3-7-4-2-5/h5H,1-4H2/i1D2,2D2,3D2,4D2,5D. The van der Waals surface area contributed by atoms with Gasteiger partial charge in [-0.3, -0.25) is 0 Å². The molecule has 0 atom stereocenters. The number of alkyl halides is 1. The van der Waals surface area contributed by atoms with Gasteiger partial charge in [0.2, 0.25) is 0 Å². The molecule has 42 valence electrons. The maximum absolute atomic E-state index is 7.62. The SMILES string of the molecule is [2H]C1([2H])OC([2H])([2H])C([2H])([2H])C([2H])(I)C1([2H])[2H]. The van der Waals surface area contributed by atoms with E-state index in [1.165, 1.54) is 0 Å². The van der Waals surface area contributed by atoms with E-state index in [0.717, 1.165) is 22.6 Å². The zero-order chi connectivity index (χ0) is 13.2. The Morgan fingerprint density at radius 3 is 2.86 bits per heavy atom. The van der Waals surface area contributed by atoms with Crippen molar-refractivity contribution < 1.29 is 17.1 Å². The summed E-state index contributed by atoms with van der Waals surface area (Å²) in [6.45, 7) is -6.16. The highest BCUT2D eigenvalue weighted by Crippen LogP contribution is 2.14. The van der Waals surface area contributed by atoms with Crippen LogP contribution in [0.2, 0.25) is 0 Å². The van der Waals surface area contributed by atoms with Gasteiger partial charge in [-0.1, -0.05) is 22.6 Å². The number of hydrogen-bond donors (Lipinski definition) is 0. The van der Waals surface area contributed by atoms with Crippen molar-refractivity contribution in [3.8, 4) is 0 Å². The first-order valence-corrected chi connectivity index (χ1v) is 2.68. The smallest absolute Gasteiger partial charge is 0.0567 e. The number of hydrogen-bond acceptors (Lipinski definition) is 1. The zero-order valence-electron chi connectivity index (χ0n) is 12.3. The molecule has 1 saturated heterocycles. The maximum atomic E-state index is 7.62. The van der Waals surface area contributed by atoms with Gasteiger partial charge in [0.15, 0.2) is 0 Å². The topological polar surface area (TPSA) is 9.23 Å². The molecule has 0 N–H and O–H groups in total. The number of halogens is 1. The molecule has 0 saturated carbocycles. The van der Waals surface area contributed by atoms with Crippen LogP contribution in [0.4, 0.5) is 0 Å². The molecule has 7 heavy (non-hydrogen) atoms. The molecule has 1 aliphatic heterocycles. The first kappa shape index (κ1) is 1.24. The van der Waals surface area contributed by atoms with Crippen molar-refractivity contribution in [2.75, 3.05) is 13.1 Å². The molecule has 1 fully saturated rings. The highest BCUT2D eigenvalue weighted by molar-refractivity contribution is 14.1. The van der Waals surface area contributed by atoms with E-state index in [2.05, 4.69) is 4.74 Å². The van der Waals surface area contributed by atoms with Crippen molar-refractivity contribution >= 4 is 22.6 Å². The lowest BCUT2D eigenvalue weighted by atomic mass is 10.2. The lowest BCUT2D eigenvalue weighted by Crippen LogP contribution is -2.14. The zero-order valence-corrected chi connectivity index (χ0v) is 5.44. The van der Waals surface area contributed by atoms with Gasteiger partial charge in [-0.05, 0) is 12.7 Å². The van der Waals surface area contributed by atoms with Gasteiger partial charge in [-0.25, -0.2) is 0 Å². The van der Waals surface area contributed by atoms with Crippen LogP contribution in [0, 0.1) is 0 Å². The molecular weight excluding hydrogens is 203 g/mol. The third-order valence-electron chi connectivity index (χ3n) is 0.424. The molecule has 0 amide bonds. The van der Waals surface area contributed by atoms with Crippen LogP contribution >= 0.6 is 22.6 Å². The van der Waals surface area contributed by atoms with Crippen molar-refractivity contribution in [3.63, 3.8) is 0 Å². The van der Waals surface area contributed by atoms with Crippen LogP contribution in [0.3, 0.4) is 0 Å². The molecule has 1 heterocycles. The van der Waals surface area contributed by atoms with Crippen LogP contribution < -0.4 is 0 Å². The van der Waals surface area contributed by atoms with Gasteiger partial charge in [0.1, 0.15) is 0 Å². The summed E-state index contributed by atoms with van der Waals surface area (Å²) in [7, 11) is 0. The van der Waals surface area contributed by atoms with E-state index in [1.807, 2.05) is 0 Å². The Hall–Kier alpha value is 0.690. The van der Waals surface area contributed by atoms with Crippen LogP contribution in [-0.4, -0.2) is 17.0 Å². The van der Waals surface area contributed by atoms with Crippen molar-refractivity contribution in [3.05, 3.63) is 0 Å². The number of ether oxygens (including phenoxy) is 1. The minimum atomic E-state index is -3.08. The molecule has 0 radical (unpaired) electrons. The predicted octanol–water partition coefficient (Wildman–Crippen LogP) is 1.60. The molecule has 1 aliphatic rings. The van der Waals surface area contributed by atoms with E-state index in [4.69, 9.17) is 12.3 Å². The lowest BCUT2D eigenvalue weighted by molar-refractivity contribution is 0.102. The van der Waals surface area contributed by atoms with E-state index in [9.17, 15) is 0 Å². The summed E-state index contributed by atoms with van der Waals surface area (Å²) in [5.74, 6) is 0. The molecule has 0 unspecified atom stereocenters. The van der Waals surface area contributed by atoms with Crippen LogP contribution in [0.25, 0.3) is 0 Å². The predicted molar refractivity (Wildman–Crippen MR) is 37.9 cm³/mol. The Balaban J connectivity index is 3.43. The summed E-state index contributed by atoms with van der Waals surface area (Å²) in [6.07, 6.45) is -5.98. The van der Waals surface area contributed by atoms with E-state index in [-0.39, 0.29) is 0 Å². The quantitative estimate of drug-likeness (QED) is 0.446. The molecule has 0 spiro atoms. The van der Waals surface area contributed by atoms with Crippen molar-refractivity contribution in [2.45, 2.75) is 16.6 Å². The summed E-state index contributed by atoms with van der Waals surface area (Å²) >= 11 is 1.08. The molecule has 2 heteroatoms. The fourth-order valence-corrected chi connectivity index (χ4v) is 0.418. The van der Waals surface area contributed by atoms with Crippen molar-refractivity contribution in [1.82, 2.24) is 0 Å². The van der Waals surface area contributed by atoms with Crippen LogP contribution in [-0.2, 0) is 4.74 Å². The van der Waals surface area contributed by atoms with Gasteiger partial charge < -0.3 is 4.74 Å². The molecule has 1 nitrogen and oxygen atoms in total. The fourth-order valence-electron chi connectivity index (χ4n) is 0.197. The maximum Gasteiger partial charge on any atom is 0.0567 e. The first-order valence-electron chi connectivity index (χ1n) is 6.10. The Kier molecular flexibility index (Phi) is 0.506. The Morgan fingerprint density at radius 2 is 2.29 bits per heavy atom. The second kappa shape index (κ2) is 2.87. The summed E-state index contributed by atoms with van der Waals surface area (Å²) in [4.78, 5) is 0. The largest absolute Gasteiger partial charge is 0.381 e. The minimum Gasteiger partial charge on any atom is -0.381 e. The van der Waals surface area contributed by atoms with E-state index in [1.54, 1.807) is 0 Å². The van der Waals surface area contributed by atoms with Crippen molar-refractivity contribution in [1.29, 1.82) is 0 Å². The highest BCUT2D eigenvalue weighted by Gasteiger charge is 2.07. The summed E-state index contributed by atoms with van der Waals surface area (Å²) in [5.41, 5.74) is 0. The molecule has 0 aromatic carbocycles. The third kappa shape index (κ3) is 1.95. The molecule has 0 bridgehead atoms. The van der Waals surface area contributed by atoms with Crippen LogP contribution in [0.15, 0.2) is 0 Å². The average molecular weight is 221 g/mol. The Labute approximate surface area is 70.2 Å². The van der Waals surface area contributed by atoms with Crippen LogP contribution in [0.1, 0.15) is 25.1 Å². The van der Waals surface area contributed by atoms with Gasteiger partial charge in [0.05, 0.1) is 5.48 Å².